The lowest BCUT2D eigenvalue weighted by molar-refractivity contribution is 0.870. The highest BCUT2D eigenvalue weighted by Crippen LogP contribution is 2.22. The van der Waals surface area contributed by atoms with Gasteiger partial charge in [0.05, 0.1) is 6.04 Å². The summed E-state index contributed by atoms with van der Waals surface area (Å²) in [6, 6.07) is 15.9. The topological polar surface area (TPSA) is 52.0 Å². The Morgan fingerprint density at radius 2 is 1.62 bits per heavy atom. The molecule has 0 aliphatic rings. The van der Waals surface area contributed by atoms with Gasteiger partial charge in [0.15, 0.2) is 0 Å². The third-order valence-electron chi connectivity index (χ3n) is 2.81. The second-order valence-corrected chi connectivity index (χ2v) is 4.00. The molecule has 0 amide bonds. The number of hydrogen-bond acceptors (Lipinski definition) is 2. The normalized spacial score (nSPS) is 12.4. The van der Waals surface area contributed by atoms with E-state index >= 15 is 0 Å². The van der Waals surface area contributed by atoms with E-state index in [1.807, 2.05) is 55.5 Å². The molecule has 82 valence electrons. The molecule has 2 aromatic rings. The minimum atomic E-state index is -0.0829. The average Bonchev–Trinajstić information content (AvgIpc) is 2.33. The molecular weight excluding hydrogens is 196 g/mol. The van der Waals surface area contributed by atoms with Crippen LogP contribution in [0.15, 0.2) is 48.5 Å². The highest BCUT2D eigenvalue weighted by Gasteiger charge is 2.08. The van der Waals surface area contributed by atoms with E-state index in [1.165, 1.54) is 0 Å². The molecule has 0 fully saturated rings. The summed E-state index contributed by atoms with van der Waals surface area (Å²) in [6.07, 6.45) is 0. The van der Waals surface area contributed by atoms with Crippen molar-refractivity contribution < 1.29 is 0 Å². The first-order chi connectivity index (χ1) is 7.68. The van der Waals surface area contributed by atoms with Crippen LogP contribution in [0.25, 0.3) is 0 Å². The van der Waals surface area contributed by atoms with Gasteiger partial charge in [0.25, 0.3) is 0 Å². The zero-order chi connectivity index (χ0) is 11.5. The summed E-state index contributed by atoms with van der Waals surface area (Å²) >= 11 is 0. The molecule has 2 aromatic carbocycles. The quantitative estimate of drug-likeness (QED) is 0.752. The summed E-state index contributed by atoms with van der Waals surface area (Å²) in [5.74, 6) is 0. The van der Waals surface area contributed by atoms with Crippen molar-refractivity contribution in [2.45, 2.75) is 13.0 Å². The summed E-state index contributed by atoms with van der Waals surface area (Å²) < 4.78 is 0. The molecule has 0 heterocycles. The van der Waals surface area contributed by atoms with Gasteiger partial charge < -0.3 is 11.5 Å². The highest BCUT2D eigenvalue weighted by molar-refractivity contribution is 5.49. The third kappa shape index (κ3) is 2.07. The Morgan fingerprint density at radius 3 is 2.25 bits per heavy atom. The molecule has 0 aromatic heterocycles. The van der Waals surface area contributed by atoms with E-state index in [0.717, 1.165) is 22.4 Å². The number of hydrogen-bond donors (Lipinski definition) is 2. The molecule has 0 spiro atoms. The van der Waals surface area contributed by atoms with Crippen molar-refractivity contribution in [2.75, 3.05) is 5.73 Å². The molecule has 2 heteroatoms. The van der Waals surface area contributed by atoms with Crippen LogP contribution < -0.4 is 11.5 Å². The van der Waals surface area contributed by atoms with Gasteiger partial charge in [-0.3, -0.25) is 0 Å². The molecule has 0 saturated carbocycles. The van der Waals surface area contributed by atoms with Crippen LogP contribution in [0.4, 0.5) is 5.69 Å². The summed E-state index contributed by atoms with van der Waals surface area (Å²) in [5, 5.41) is 0. The zero-order valence-corrected chi connectivity index (χ0v) is 9.35. The van der Waals surface area contributed by atoms with Gasteiger partial charge in [0, 0.05) is 5.69 Å². The SMILES string of the molecule is Cc1cc(C(N)c2ccccc2)ccc1N. The number of nitrogens with two attached hydrogens (primary N) is 2. The van der Waals surface area contributed by atoms with Crippen LogP contribution >= 0.6 is 0 Å². The van der Waals surface area contributed by atoms with Gasteiger partial charge in [0.2, 0.25) is 0 Å². The Labute approximate surface area is 95.9 Å². The number of benzene rings is 2. The lowest BCUT2D eigenvalue weighted by atomic mass is 9.98. The molecule has 2 nitrogen and oxygen atoms in total. The largest absolute Gasteiger partial charge is 0.399 e. The predicted octanol–water partition coefficient (Wildman–Crippen LogP) is 2.63. The maximum atomic E-state index is 6.19. The first kappa shape index (κ1) is 10.7. The molecule has 16 heavy (non-hydrogen) atoms. The van der Waals surface area contributed by atoms with Gasteiger partial charge in [-0.25, -0.2) is 0 Å². The second-order valence-electron chi connectivity index (χ2n) is 4.00. The summed E-state index contributed by atoms with van der Waals surface area (Å²) in [5.41, 5.74) is 16.1. The predicted molar refractivity (Wildman–Crippen MR) is 68.1 cm³/mol. The van der Waals surface area contributed by atoms with E-state index in [-0.39, 0.29) is 6.04 Å². The summed E-state index contributed by atoms with van der Waals surface area (Å²) in [6.45, 7) is 2.00. The minimum absolute atomic E-state index is 0.0829. The number of rotatable bonds is 2. The maximum absolute atomic E-state index is 6.19. The Bertz CT molecular complexity index is 477. The van der Waals surface area contributed by atoms with Crippen molar-refractivity contribution in [3.63, 3.8) is 0 Å². The Balaban J connectivity index is 2.34. The smallest absolute Gasteiger partial charge is 0.0551 e. The summed E-state index contributed by atoms with van der Waals surface area (Å²) in [7, 11) is 0. The third-order valence-corrected chi connectivity index (χ3v) is 2.81. The van der Waals surface area contributed by atoms with Crippen molar-refractivity contribution in [3.05, 3.63) is 65.2 Å². The maximum Gasteiger partial charge on any atom is 0.0551 e. The molecule has 1 unspecified atom stereocenters. The van der Waals surface area contributed by atoms with Gasteiger partial charge in [-0.1, -0.05) is 42.5 Å². The number of aryl methyl sites for hydroxylation is 1. The second kappa shape index (κ2) is 4.37. The van der Waals surface area contributed by atoms with Crippen LogP contribution in [-0.4, -0.2) is 0 Å². The van der Waals surface area contributed by atoms with Crippen LogP contribution in [0.1, 0.15) is 22.7 Å². The standard InChI is InChI=1S/C14H16N2/c1-10-9-12(7-8-13(10)15)14(16)11-5-3-2-4-6-11/h2-9,14H,15-16H2,1H3. The van der Waals surface area contributed by atoms with E-state index in [4.69, 9.17) is 11.5 Å². The molecule has 2 rings (SSSR count). The van der Waals surface area contributed by atoms with Gasteiger partial charge in [0.1, 0.15) is 0 Å². The van der Waals surface area contributed by atoms with E-state index in [1.54, 1.807) is 0 Å². The molecule has 1 atom stereocenters. The number of anilines is 1. The first-order valence-electron chi connectivity index (χ1n) is 5.35. The lowest BCUT2D eigenvalue weighted by Gasteiger charge is -2.13. The fourth-order valence-corrected chi connectivity index (χ4v) is 1.75. The van der Waals surface area contributed by atoms with Crippen molar-refractivity contribution in [2.24, 2.45) is 5.73 Å². The van der Waals surface area contributed by atoms with Crippen LogP contribution in [0, 0.1) is 6.92 Å². The van der Waals surface area contributed by atoms with Crippen LogP contribution in [0.5, 0.6) is 0 Å². The molecule has 0 bridgehead atoms. The fraction of sp³-hybridized carbons (Fsp3) is 0.143. The van der Waals surface area contributed by atoms with Crippen molar-refractivity contribution in [1.29, 1.82) is 0 Å². The Morgan fingerprint density at radius 1 is 0.938 bits per heavy atom. The highest BCUT2D eigenvalue weighted by atomic mass is 14.6. The van der Waals surface area contributed by atoms with Crippen molar-refractivity contribution in [3.8, 4) is 0 Å². The summed E-state index contributed by atoms with van der Waals surface area (Å²) in [4.78, 5) is 0. The number of nitrogen functional groups attached to an aromatic ring is 1. The average molecular weight is 212 g/mol. The van der Waals surface area contributed by atoms with Crippen molar-refractivity contribution >= 4 is 5.69 Å². The molecule has 0 saturated heterocycles. The van der Waals surface area contributed by atoms with Crippen molar-refractivity contribution in [1.82, 2.24) is 0 Å². The Kier molecular flexibility index (Phi) is 2.93. The van der Waals surface area contributed by atoms with Gasteiger partial charge >= 0.3 is 0 Å². The molecule has 0 radical (unpaired) electrons. The molecular formula is C14H16N2. The molecule has 4 N–H and O–H groups in total. The van der Waals surface area contributed by atoms with Crippen LogP contribution in [0.3, 0.4) is 0 Å². The Hall–Kier alpha value is -1.80. The van der Waals surface area contributed by atoms with E-state index < -0.39 is 0 Å². The van der Waals surface area contributed by atoms with E-state index in [2.05, 4.69) is 0 Å². The lowest BCUT2D eigenvalue weighted by Crippen LogP contribution is -2.12. The first-order valence-corrected chi connectivity index (χ1v) is 5.35. The zero-order valence-electron chi connectivity index (χ0n) is 9.35. The van der Waals surface area contributed by atoms with E-state index in [9.17, 15) is 0 Å². The van der Waals surface area contributed by atoms with Crippen LogP contribution in [0.2, 0.25) is 0 Å². The van der Waals surface area contributed by atoms with Gasteiger partial charge in [-0.2, -0.15) is 0 Å². The minimum Gasteiger partial charge on any atom is -0.399 e. The molecule has 0 aliphatic heterocycles. The molecule has 0 aliphatic carbocycles. The van der Waals surface area contributed by atoms with Gasteiger partial charge in [-0.15, -0.1) is 0 Å². The van der Waals surface area contributed by atoms with Crippen LogP contribution in [-0.2, 0) is 0 Å². The fourth-order valence-electron chi connectivity index (χ4n) is 1.75. The van der Waals surface area contributed by atoms with E-state index in [0.29, 0.717) is 0 Å². The van der Waals surface area contributed by atoms with Gasteiger partial charge in [-0.05, 0) is 29.7 Å². The monoisotopic (exact) mass is 212 g/mol.